The van der Waals surface area contributed by atoms with Crippen molar-refractivity contribution in [1.29, 1.82) is 0 Å². The van der Waals surface area contributed by atoms with Crippen LogP contribution in [0.25, 0.3) is 0 Å². The zero-order chi connectivity index (χ0) is 17.5. The van der Waals surface area contributed by atoms with Crippen LogP contribution in [0.15, 0.2) is 48.8 Å². The van der Waals surface area contributed by atoms with Gasteiger partial charge in [0.1, 0.15) is 0 Å². The number of hydrogen-bond acceptors (Lipinski definition) is 4. The topological polar surface area (TPSA) is 82.3 Å². The summed E-state index contributed by atoms with van der Waals surface area (Å²) in [6.07, 6.45) is 3.12. The second-order valence-electron chi connectivity index (χ2n) is 5.46. The summed E-state index contributed by atoms with van der Waals surface area (Å²) in [6, 6.07) is 10.5. The summed E-state index contributed by atoms with van der Waals surface area (Å²) in [7, 11) is 0. The standard InChI is InChI=1S/C18H20N2O4/c1-3-16(14-6-4-13(2)5-7-14)19-17(21)12-24-18(22)15-8-10-20(23)11-9-15/h4-11,16H,3,12H2,1-2H3,(H,19,21)/t16-/m0/s1. The fraction of sp³-hybridized carbons (Fsp3) is 0.278. The van der Waals surface area contributed by atoms with Crippen LogP contribution >= 0.6 is 0 Å². The van der Waals surface area contributed by atoms with Crippen molar-refractivity contribution in [3.63, 3.8) is 0 Å². The molecule has 1 aromatic heterocycles. The molecule has 1 N–H and O–H groups in total. The number of amides is 1. The number of pyridine rings is 1. The first-order valence-electron chi connectivity index (χ1n) is 7.71. The van der Waals surface area contributed by atoms with Gasteiger partial charge in [0, 0.05) is 12.1 Å². The normalized spacial score (nSPS) is 11.6. The van der Waals surface area contributed by atoms with Gasteiger partial charge in [0.15, 0.2) is 19.0 Å². The molecule has 0 saturated carbocycles. The van der Waals surface area contributed by atoms with Crippen molar-refractivity contribution < 1.29 is 19.1 Å². The highest BCUT2D eigenvalue weighted by atomic mass is 16.5. The number of nitrogens with one attached hydrogen (secondary N) is 1. The van der Waals surface area contributed by atoms with Crippen LogP contribution in [-0.4, -0.2) is 18.5 Å². The molecule has 0 radical (unpaired) electrons. The Bertz CT molecular complexity index is 696. The maximum Gasteiger partial charge on any atom is 0.339 e. The Morgan fingerprint density at radius 3 is 2.38 bits per heavy atom. The average Bonchev–Trinajstić information content (AvgIpc) is 2.59. The van der Waals surface area contributed by atoms with Gasteiger partial charge in [0.25, 0.3) is 5.91 Å². The molecule has 6 heteroatoms. The van der Waals surface area contributed by atoms with Gasteiger partial charge in [-0.3, -0.25) is 4.79 Å². The van der Waals surface area contributed by atoms with Gasteiger partial charge in [-0.1, -0.05) is 36.8 Å². The molecular weight excluding hydrogens is 308 g/mol. The lowest BCUT2D eigenvalue weighted by Crippen LogP contribution is -2.32. The summed E-state index contributed by atoms with van der Waals surface area (Å²) in [5.41, 5.74) is 2.38. The number of carbonyl (C=O) groups is 2. The van der Waals surface area contributed by atoms with E-state index >= 15 is 0 Å². The number of benzene rings is 1. The van der Waals surface area contributed by atoms with Crippen molar-refractivity contribution in [2.24, 2.45) is 0 Å². The lowest BCUT2D eigenvalue weighted by Gasteiger charge is -2.17. The molecule has 0 bridgehead atoms. The first-order chi connectivity index (χ1) is 11.5. The van der Waals surface area contributed by atoms with Crippen molar-refractivity contribution in [3.8, 4) is 0 Å². The first-order valence-corrected chi connectivity index (χ1v) is 7.71. The number of nitrogens with zero attached hydrogens (tertiary/aromatic N) is 1. The molecule has 2 aromatic rings. The van der Waals surface area contributed by atoms with Crippen molar-refractivity contribution in [3.05, 3.63) is 70.7 Å². The predicted molar refractivity (Wildman–Crippen MR) is 88.0 cm³/mol. The quantitative estimate of drug-likeness (QED) is 0.500. The zero-order valence-corrected chi connectivity index (χ0v) is 13.7. The molecule has 126 valence electrons. The predicted octanol–water partition coefficient (Wildman–Crippen LogP) is 2.05. The second kappa shape index (κ2) is 8.10. The molecule has 2 rings (SSSR count). The summed E-state index contributed by atoms with van der Waals surface area (Å²) in [5, 5.41) is 13.8. The number of aryl methyl sites for hydroxylation is 1. The van der Waals surface area contributed by atoms with E-state index in [2.05, 4.69) is 5.32 Å². The Morgan fingerprint density at radius 2 is 1.79 bits per heavy atom. The summed E-state index contributed by atoms with van der Waals surface area (Å²) < 4.78 is 5.53. The number of ether oxygens (including phenoxy) is 1. The van der Waals surface area contributed by atoms with Gasteiger partial charge >= 0.3 is 5.97 Å². The van der Waals surface area contributed by atoms with Crippen LogP contribution < -0.4 is 10.0 Å². The molecule has 1 amide bonds. The molecule has 0 saturated heterocycles. The molecule has 6 nitrogen and oxygen atoms in total. The molecule has 0 aliphatic carbocycles. The molecule has 1 atom stereocenters. The Kier molecular flexibility index (Phi) is 5.89. The fourth-order valence-electron chi connectivity index (χ4n) is 2.22. The Hall–Kier alpha value is -2.89. The van der Waals surface area contributed by atoms with Crippen LogP contribution in [0.5, 0.6) is 0 Å². The van der Waals surface area contributed by atoms with Crippen LogP contribution in [0.2, 0.25) is 0 Å². The molecule has 0 aliphatic heterocycles. The van der Waals surface area contributed by atoms with Gasteiger partial charge in [-0.15, -0.1) is 0 Å². The zero-order valence-electron chi connectivity index (χ0n) is 13.7. The van der Waals surface area contributed by atoms with Gasteiger partial charge in [-0.2, -0.15) is 4.73 Å². The first kappa shape index (κ1) is 17.5. The lowest BCUT2D eigenvalue weighted by atomic mass is 10.0. The number of carbonyl (C=O) groups excluding carboxylic acids is 2. The van der Waals surface area contributed by atoms with Gasteiger partial charge in [-0.05, 0) is 18.9 Å². The number of hydrogen-bond donors (Lipinski definition) is 1. The molecule has 0 spiro atoms. The van der Waals surface area contributed by atoms with E-state index in [9.17, 15) is 14.8 Å². The molecule has 0 fully saturated rings. The van der Waals surface area contributed by atoms with E-state index in [0.29, 0.717) is 4.73 Å². The van der Waals surface area contributed by atoms with Crippen molar-refractivity contribution in [2.45, 2.75) is 26.3 Å². The third-order valence-corrected chi connectivity index (χ3v) is 3.60. The third kappa shape index (κ3) is 4.81. The maximum absolute atomic E-state index is 12.0. The van der Waals surface area contributed by atoms with Gasteiger partial charge < -0.3 is 15.3 Å². The number of esters is 1. The molecule has 0 aliphatic rings. The number of rotatable bonds is 6. The summed E-state index contributed by atoms with van der Waals surface area (Å²) in [4.78, 5) is 23.8. The minimum Gasteiger partial charge on any atom is -0.619 e. The maximum atomic E-state index is 12.0. The minimum absolute atomic E-state index is 0.132. The van der Waals surface area contributed by atoms with Crippen molar-refractivity contribution in [1.82, 2.24) is 5.32 Å². The van der Waals surface area contributed by atoms with Crippen molar-refractivity contribution in [2.75, 3.05) is 6.61 Å². The van der Waals surface area contributed by atoms with Crippen LogP contribution in [-0.2, 0) is 9.53 Å². The monoisotopic (exact) mass is 328 g/mol. The Labute approximate surface area is 140 Å². The van der Waals surface area contributed by atoms with E-state index in [1.165, 1.54) is 24.5 Å². The van der Waals surface area contributed by atoms with E-state index in [4.69, 9.17) is 4.74 Å². The van der Waals surface area contributed by atoms with Crippen LogP contribution in [0, 0.1) is 12.1 Å². The highest BCUT2D eigenvalue weighted by molar-refractivity contribution is 5.91. The Morgan fingerprint density at radius 1 is 1.17 bits per heavy atom. The van der Waals surface area contributed by atoms with Crippen LogP contribution in [0.4, 0.5) is 0 Å². The molecule has 1 heterocycles. The molecule has 1 aromatic carbocycles. The number of aromatic nitrogens is 1. The largest absolute Gasteiger partial charge is 0.619 e. The van der Waals surface area contributed by atoms with Gasteiger partial charge in [0.05, 0.1) is 11.6 Å². The SMILES string of the molecule is CC[C@H](NC(=O)COC(=O)c1cc[n+]([O-])cc1)c1ccc(C)cc1. The van der Waals surface area contributed by atoms with E-state index in [1.807, 2.05) is 38.1 Å². The van der Waals surface area contributed by atoms with Crippen LogP contribution in [0.1, 0.15) is 40.9 Å². The van der Waals surface area contributed by atoms with Crippen molar-refractivity contribution >= 4 is 11.9 Å². The van der Waals surface area contributed by atoms with Gasteiger partial charge in [-0.25, -0.2) is 4.79 Å². The van der Waals surface area contributed by atoms with E-state index in [1.54, 1.807) is 0 Å². The second-order valence-corrected chi connectivity index (χ2v) is 5.46. The summed E-state index contributed by atoms with van der Waals surface area (Å²) in [6.45, 7) is 3.60. The average molecular weight is 328 g/mol. The third-order valence-electron chi connectivity index (χ3n) is 3.60. The fourth-order valence-corrected chi connectivity index (χ4v) is 2.22. The summed E-state index contributed by atoms with van der Waals surface area (Å²) in [5.74, 6) is -1.01. The van der Waals surface area contributed by atoms with E-state index < -0.39 is 5.97 Å². The Balaban J connectivity index is 1.88. The molecular formula is C18H20N2O4. The van der Waals surface area contributed by atoms with Gasteiger partial charge in [0.2, 0.25) is 0 Å². The smallest absolute Gasteiger partial charge is 0.339 e. The molecule has 0 unspecified atom stereocenters. The highest BCUT2D eigenvalue weighted by Gasteiger charge is 2.15. The van der Waals surface area contributed by atoms with E-state index in [0.717, 1.165) is 17.5 Å². The minimum atomic E-state index is -0.644. The van der Waals surface area contributed by atoms with E-state index in [-0.39, 0.29) is 24.1 Å². The highest BCUT2D eigenvalue weighted by Crippen LogP contribution is 2.17. The molecule has 24 heavy (non-hydrogen) atoms. The summed E-state index contributed by atoms with van der Waals surface area (Å²) >= 11 is 0. The lowest BCUT2D eigenvalue weighted by molar-refractivity contribution is -0.605. The van der Waals surface area contributed by atoms with Crippen LogP contribution in [0.3, 0.4) is 0 Å².